The number of hydrogen-bond donors (Lipinski definition) is 0. The van der Waals surface area contributed by atoms with Gasteiger partial charge in [-0.05, 0) is 36.3 Å². The minimum absolute atomic E-state index is 0.0656. The Kier molecular flexibility index (Phi) is 4.09. The number of hydrogen-bond acceptors (Lipinski definition) is 6. The predicted octanol–water partition coefficient (Wildman–Crippen LogP) is 4.30. The van der Waals surface area contributed by atoms with Crippen LogP contribution in [0.5, 0.6) is 5.88 Å². The number of fused-ring (bicyclic) bond motifs is 3. The van der Waals surface area contributed by atoms with Crippen molar-refractivity contribution in [2.75, 3.05) is 0 Å². The maximum Gasteiger partial charge on any atom is 0.269 e. The van der Waals surface area contributed by atoms with Crippen molar-refractivity contribution in [2.24, 2.45) is 5.92 Å². The van der Waals surface area contributed by atoms with Crippen molar-refractivity contribution in [3.8, 4) is 5.88 Å². The van der Waals surface area contributed by atoms with E-state index in [0.29, 0.717) is 11.8 Å². The molecule has 7 heteroatoms. The van der Waals surface area contributed by atoms with Crippen LogP contribution < -0.4 is 4.74 Å². The van der Waals surface area contributed by atoms with Gasteiger partial charge in [0.05, 0.1) is 10.3 Å². The van der Waals surface area contributed by atoms with Crippen LogP contribution in [0.2, 0.25) is 0 Å². The topological polar surface area (TPSA) is 78.2 Å². The highest BCUT2D eigenvalue weighted by molar-refractivity contribution is 7.18. The molecule has 6 nitrogen and oxygen atoms in total. The van der Waals surface area contributed by atoms with Crippen molar-refractivity contribution in [1.82, 2.24) is 9.97 Å². The first-order valence-electron chi connectivity index (χ1n) is 8.23. The first-order chi connectivity index (χ1) is 12.1. The summed E-state index contributed by atoms with van der Waals surface area (Å²) in [5.41, 5.74) is 2.13. The third-order valence-electron chi connectivity index (χ3n) is 4.55. The molecule has 3 aromatic rings. The highest BCUT2D eigenvalue weighted by Crippen LogP contribution is 2.40. The molecule has 128 valence electrons. The molecular formula is C18H17N3O3S. The molecule has 25 heavy (non-hydrogen) atoms. The molecule has 0 radical (unpaired) electrons. The lowest BCUT2D eigenvalue weighted by Crippen LogP contribution is -2.09. The number of thiophene rings is 1. The van der Waals surface area contributed by atoms with Crippen molar-refractivity contribution in [3.63, 3.8) is 0 Å². The third-order valence-corrected chi connectivity index (χ3v) is 5.72. The van der Waals surface area contributed by atoms with Crippen LogP contribution in [0, 0.1) is 16.0 Å². The second-order valence-corrected chi connectivity index (χ2v) is 7.51. The summed E-state index contributed by atoms with van der Waals surface area (Å²) >= 11 is 1.73. The average Bonchev–Trinajstić information content (AvgIpc) is 2.98. The molecule has 1 aromatic carbocycles. The number of ether oxygens (including phenoxy) is 1. The standard InChI is InChI=1S/C18H17N3O3S/c1-11-5-6-14-15(7-11)25-18-16(14)17(19-10-20-18)24-9-12-3-2-4-13(8-12)21(22)23/h2-4,8,10-11H,5-7,9H2,1H3/t11-/m0/s1. The van der Waals surface area contributed by atoms with E-state index in [4.69, 9.17) is 4.74 Å². The van der Waals surface area contributed by atoms with Gasteiger partial charge in [-0.15, -0.1) is 11.3 Å². The summed E-state index contributed by atoms with van der Waals surface area (Å²) in [6, 6.07) is 6.49. The van der Waals surface area contributed by atoms with Crippen LogP contribution in [0.15, 0.2) is 30.6 Å². The van der Waals surface area contributed by atoms with E-state index in [1.807, 2.05) is 6.07 Å². The molecule has 4 rings (SSSR count). The maximum atomic E-state index is 10.9. The maximum absolute atomic E-state index is 10.9. The third kappa shape index (κ3) is 3.07. The number of rotatable bonds is 4. The van der Waals surface area contributed by atoms with Gasteiger partial charge in [-0.2, -0.15) is 0 Å². The van der Waals surface area contributed by atoms with E-state index in [1.54, 1.807) is 17.4 Å². The largest absolute Gasteiger partial charge is 0.472 e. The van der Waals surface area contributed by atoms with Crippen molar-refractivity contribution < 1.29 is 9.66 Å². The first-order valence-corrected chi connectivity index (χ1v) is 9.05. The molecule has 1 aliphatic rings. The van der Waals surface area contributed by atoms with Crippen LogP contribution in [0.3, 0.4) is 0 Å². The summed E-state index contributed by atoms with van der Waals surface area (Å²) in [6.45, 7) is 2.52. The molecule has 0 saturated heterocycles. The van der Waals surface area contributed by atoms with Crippen LogP contribution in [-0.2, 0) is 19.4 Å². The minimum atomic E-state index is -0.400. The molecule has 0 bridgehead atoms. The number of nitro groups is 1. The molecular weight excluding hydrogens is 338 g/mol. The molecule has 0 fully saturated rings. The van der Waals surface area contributed by atoms with Gasteiger partial charge in [0.2, 0.25) is 5.88 Å². The Balaban J connectivity index is 1.64. The molecule has 0 N–H and O–H groups in total. The van der Waals surface area contributed by atoms with Gasteiger partial charge >= 0.3 is 0 Å². The summed E-state index contributed by atoms with van der Waals surface area (Å²) in [7, 11) is 0. The van der Waals surface area contributed by atoms with Crippen molar-refractivity contribution in [3.05, 3.63) is 56.7 Å². The zero-order valence-corrected chi connectivity index (χ0v) is 14.6. The van der Waals surface area contributed by atoms with E-state index in [0.717, 1.165) is 35.0 Å². The molecule has 0 saturated carbocycles. The Labute approximate surface area is 148 Å². The Morgan fingerprint density at radius 1 is 1.40 bits per heavy atom. The molecule has 1 aliphatic carbocycles. The van der Waals surface area contributed by atoms with Crippen molar-refractivity contribution >= 4 is 27.2 Å². The smallest absolute Gasteiger partial charge is 0.269 e. The highest BCUT2D eigenvalue weighted by Gasteiger charge is 2.23. The summed E-state index contributed by atoms with van der Waals surface area (Å²) in [5, 5.41) is 11.9. The van der Waals surface area contributed by atoms with E-state index in [9.17, 15) is 10.1 Å². The SMILES string of the molecule is C[C@H]1CCc2c(sc3ncnc(OCc4cccc([N+](=O)[O-])c4)c23)C1. The molecule has 0 amide bonds. The normalized spacial score (nSPS) is 16.6. The van der Waals surface area contributed by atoms with E-state index in [1.165, 1.54) is 28.9 Å². The quantitative estimate of drug-likeness (QED) is 0.515. The highest BCUT2D eigenvalue weighted by atomic mass is 32.1. The van der Waals surface area contributed by atoms with Crippen LogP contribution in [0.25, 0.3) is 10.2 Å². The number of aryl methyl sites for hydroxylation is 1. The van der Waals surface area contributed by atoms with E-state index in [2.05, 4.69) is 16.9 Å². The van der Waals surface area contributed by atoms with Gasteiger partial charge in [-0.3, -0.25) is 10.1 Å². The van der Waals surface area contributed by atoms with Crippen molar-refractivity contribution in [1.29, 1.82) is 0 Å². The number of nitrogens with zero attached hydrogens (tertiary/aromatic N) is 3. The summed E-state index contributed by atoms with van der Waals surface area (Å²) < 4.78 is 5.92. The van der Waals surface area contributed by atoms with Gasteiger partial charge in [0, 0.05) is 17.0 Å². The Morgan fingerprint density at radius 2 is 2.28 bits per heavy atom. The fraction of sp³-hybridized carbons (Fsp3) is 0.333. The van der Waals surface area contributed by atoms with E-state index in [-0.39, 0.29) is 12.3 Å². The van der Waals surface area contributed by atoms with Crippen LogP contribution in [0.1, 0.15) is 29.3 Å². The summed E-state index contributed by atoms with van der Waals surface area (Å²) in [5.74, 6) is 1.27. The molecule has 1 atom stereocenters. The number of benzene rings is 1. The van der Waals surface area contributed by atoms with Crippen LogP contribution >= 0.6 is 11.3 Å². The van der Waals surface area contributed by atoms with Crippen molar-refractivity contribution in [2.45, 2.75) is 32.8 Å². The predicted molar refractivity (Wildman–Crippen MR) is 96.0 cm³/mol. The Bertz CT molecular complexity index is 954. The fourth-order valence-corrected chi connectivity index (χ4v) is 4.61. The summed E-state index contributed by atoms with van der Waals surface area (Å²) in [4.78, 5) is 21.6. The summed E-state index contributed by atoms with van der Waals surface area (Å²) in [6.07, 6.45) is 4.80. The number of aromatic nitrogens is 2. The molecule has 2 heterocycles. The zero-order valence-electron chi connectivity index (χ0n) is 13.8. The Morgan fingerprint density at radius 3 is 3.12 bits per heavy atom. The van der Waals surface area contributed by atoms with Gasteiger partial charge < -0.3 is 4.74 Å². The fourth-order valence-electron chi connectivity index (χ4n) is 3.27. The second kappa shape index (κ2) is 6.40. The molecule has 0 aliphatic heterocycles. The van der Waals surface area contributed by atoms with Gasteiger partial charge in [0.15, 0.2) is 0 Å². The van der Waals surface area contributed by atoms with Gasteiger partial charge in [-0.25, -0.2) is 9.97 Å². The Hall–Kier alpha value is -2.54. The molecule has 2 aromatic heterocycles. The zero-order chi connectivity index (χ0) is 17.4. The van der Waals surface area contributed by atoms with Gasteiger partial charge in [0.1, 0.15) is 17.8 Å². The first kappa shape index (κ1) is 16.0. The minimum Gasteiger partial charge on any atom is -0.472 e. The van der Waals surface area contributed by atoms with Crippen LogP contribution in [-0.4, -0.2) is 14.9 Å². The lowest BCUT2D eigenvalue weighted by molar-refractivity contribution is -0.384. The number of nitro benzene ring substituents is 1. The lowest BCUT2D eigenvalue weighted by atomic mass is 9.89. The molecule has 0 spiro atoms. The lowest BCUT2D eigenvalue weighted by Gasteiger charge is -2.18. The number of non-ortho nitro benzene ring substituents is 1. The van der Waals surface area contributed by atoms with Crippen LogP contribution in [0.4, 0.5) is 5.69 Å². The van der Waals surface area contributed by atoms with Gasteiger partial charge in [-0.1, -0.05) is 19.1 Å². The monoisotopic (exact) mass is 355 g/mol. The van der Waals surface area contributed by atoms with E-state index >= 15 is 0 Å². The average molecular weight is 355 g/mol. The van der Waals surface area contributed by atoms with E-state index < -0.39 is 4.92 Å². The van der Waals surface area contributed by atoms with Gasteiger partial charge in [0.25, 0.3) is 5.69 Å². The second-order valence-electron chi connectivity index (χ2n) is 6.43. The molecule has 0 unspecified atom stereocenters.